The van der Waals surface area contributed by atoms with Gasteiger partial charge in [0, 0.05) is 4.47 Å². The van der Waals surface area contributed by atoms with Gasteiger partial charge in [-0.25, -0.2) is 4.99 Å². The van der Waals surface area contributed by atoms with Gasteiger partial charge in [0.1, 0.15) is 0 Å². The van der Waals surface area contributed by atoms with Crippen molar-refractivity contribution >= 4 is 38.4 Å². The molecular formula is C9H3BrClF6N. The zero-order chi connectivity index (χ0) is 14.1. The highest BCUT2D eigenvalue weighted by Crippen LogP contribution is 2.37. The van der Waals surface area contributed by atoms with Crippen LogP contribution in [-0.2, 0) is 6.18 Å². The van der Waals surface area contributed by atoms with Crippen molar-refractivity contribution in [2.24, 2.45) is 4.99 Å². The van der Waals surface area contributed by atoms with E-state index < -0.39 is 27.6 Å². The minimum atomic E-state index is -4.84. The topological polar surface area (TPSA) is 12.4 Å². The summed E-state index contributed by atoms with van der Waals surface area (Å²) >= 11 is 7.47. The van der Waals surface area contributed by atoms with Crippen LogP contribution in [0.5, 0.6) is 0 Å². The largest absolute Gasteiger partial charge is 0.444 e. The molecule has 1 nitrogen and oxygen atoms in total. The van der Waals surface area contributed by atoms with E-state index in [2.05, 4.69) is 20.9 Å². The lowest BCUT2D eigenvalue weighted by molar-refractivity contribution is -0.138. The molecule has 0 aliphatic rings. The Morgan fingerprint density at radius 2 is 1.67 bits per heavy atom. The van der Waals surface area contributed by atoms with Crippen molar-refractivity contribution < 1.29 is 26.3 Å². The molecule has 0 aliphatic heterocycles. The summed E-state index contributed by atoms with van der Waals surface area (Å²) in [6.07, 6.45) is -9.44. The lowest BCUT2D eigenvalue weighted by atomic mass is 10.2. The third-order valence-corrected chi connectivity index (χ3v) is 2.67. The molecule has 0 unspecified atom stereocenters. The highest BCUT2D eigenvalue weighted by molar-refractivity contribution is 9.10. The highest BCUT2D eigenvalue weighted by atomic mass is 79.9. The zero-order valence-corrected chi connectivity index (χ0v) is 10.5. The summed E-state index contributed by atoms with van der Waals surface area (Å²) < 4.78 is 72.8. The van der Waals surface area contributed by atoms with E-state index >= 15 is 0 Å². The predicted molar refractivity (Wildman–Crippen MR) is 58.1 cm³/mol. The minimum absolute atomic E-state index is 0.336. The molecule has 0 N–H and O–H groups in total. The third-order valence-electron chi connectivity index (χ3n) is 1.72. The molecule has 0 saturated heterocycles. The van der Waals surface area contributed by atoms with Crippen molar-refractivity contribution in [3.63, 3.8) is 0 Å². The first-order chi connectivity index (χ1) is 8.01. The van der Waals surface area contributed by atoms with Gasteiger partial charge in [0.05, 0.1) is 11.3 Å². The molecule has 0 spiro atoms. The Bertz CT molecular complexity index is 479. The summed E-state index contributed by atoms with van der Waals surface area (Å²) in [4.78, 5) is 2.97. The number of hydrogen-bond acceptors (Lipinski definition) is 1. The number of benzene rings is 1. The number of alkyl halides is 6. The van der Waals surface area contributed by atoms with Gasteiger partial charge in [-0.1, -0.05) is 27.5 Å². The van der Waals surface area contributed by atoms with E-state index in [0.29, 0.717) is 6.07 Å². The standard InChI is InChI=1S/C9H3BrClF6N/c10-6-3-4(18-7(11)9(15,16)17)1-2-5(6)8(12,13)14/h1-3H. The van der Waals surface area contributed by atoms with Crippen LogP contribution in [0.3, 0.4) is 0 Å². The fourth-order valence-corrected chi connectivity index (χ4v) is 1.67. The molecule has 0 atom stereocenters. The van der Waals surface area contributed by atoms with Crippen LogP contribution in [0.2, 0.25) is 0 Å². The van der Waals surface area contributed by atoms with Crippen molar-refractivity contribution in [1.29, 1.82) is 0 Å². The van der Waals surface area contributed by atoms with E-state index in [9.17, 15) is 26.3 Å². The van der Waals surface area contributed by atoms with E-state index in [1.165, 1.54) is 0 Å². The van der Waals surface area contributed by atoms with Crippen molar-refractivity contribution in [2.45, 2.75) is 12.4 Å². The maximum Gasteiger partial charge on any atom is 0.444 e. The molecule has 1 rings (SSSR count). The molecular weight excluding hydrogens is 351 g/mol. The van der Waals surface area contributed by atoms with Gasteiger partial charge in [0.25, 0.3) is 0 Å². The second-order valence-electron chi connectivity index (χ2n) is 3.06. The van der Waals surface area contributed by atoms with Crippen LogP contribution < -0.4 is 0 Å². The first-order valence-electron chi connectivity index (χ1n) is 4.20. The fourth-order valence-electron chi connectivity index (χ4n) is 0.980. The normalized spacial score (nSPS) is 13.9. The second-order valence-corrected chi connectivity index (χ2v) is 4.27. The Balaban J connectivity index is 3.14. The van der Waals surface area contributed by atoms with Crippen molar-refractivity contribution in [1.82, 2.24) is 0 Å². The summed E-state index contributed by atoms with van der Waals surface area (Å²) in [7, 11) is 0. The summed E-state index contributed by atoms with van der Waals surface area (Å²) in [6, 6.07) is 2.21. The second kappa shape index (κ2) is 5.08. The maximum absolute atomic E-state index is 12.4. The van der Waals surface area contributed by atoms with Crippen molar-refractivity contribution in [3.8, 4) is 0 Å². The van der Waals surface area contributed by atoms with Crippen LogP contribution in [-0.4, -0.2) is 11.3 Å². The average molecular weight is 354 g/mol. The molecule has 100 valence electrons. The lowest BCUT2D eigenvalue weighted by Gasteiger charge is -2.09. The van der Waals surface area contributed by atoms with Gasteiger partial charge < -0.3 is 0 Å². The number of nitrogens with zero attached hydrogens (tertiary/aromatic N) is 1. The maximum atomic E-state index is 12.4. The summed E-state index contributed by atoms with van der Waals surface area (Å²) in [5, 5.41) is -1.66. The van der Waals surface area contributed by atoms with Crippen LogP contribution in [0.1, 0.15) is 5.56 Å². The first kappa shape index (κ1) is 15.3. The fraction of sp³-hybridized carbons (Fsp3) is 0.222. The van der Waals surface area contributed by atoms with Crippen molar-refractivity contribution in [3.05, 3.63) is 28.2 Å². The molecule has 1 aromatic rings. The van der Waals surface area contributed by atoms with Crippen molar-refractivity contribution in [2.75, 3.05) is 0 Å². The van der Waals surface area contributed by atoms with Gasteiger partial charge in [-0.3, -0.25) is 0 Å². The lowest BCUT2D eigenvalue weighted by Crippen LogP contribution is -2.16. The Kier molecular flexibility index (Phi) is 4.32. The highest BCUT2D eigenvalue weighted by Gasteiger charge is 2.35. The molecule has 0 radical (unpaired) electrons. The van der Waals surface area contributed by atoms with Gasteiger partial charge in [-0.15, -0.1) is 0 Å². The molecule has 1 aromatic carbocycles. The SMILES string of the molecule is FC(F)(F)C(Cl)=Nc1ccc(C(F)(F)F)c(Br)c1. The number of hydrogen-bond donors (Lipinski definition) is 0. The number of rotatable bonds is 1. The smallest absolute Gasteiger partial charge is 0.232 e. The van der Waals surface area contributed by atoms with Crippen LogP contribution in [0.15, 0.2) is 27.7 Å². The molecule has 18 heavy (non-hydrogen) atoms. The number of aliphatic imine (C=N–C) groups is 1. The molecule has 0 aliphatic carbocycles. The van der Waals surface area contributed by atoms with E-state index in [1.807, 2.05) is 0 Å². The average Bonchev–Trinajstić information content (AvgIpc) is 2.13. The van der Waals surface area contributed by atoms with Crippen LogP contribution in [0.25, 0.3) is 0 Å². The Morgan fingerprint density at radius 3 is 2.06 bits per heavy atom. The molecule has 0 bridgehead atoms. The zero-order valence-electron chi connectivity index (χ0n) is 8.20. The molecule has 0 saturated carbocycles. The van der Waals surface area contributed by atoms with E-state index in [4.69, 9.17) is 11.6 Å². The van der Waals surface area contributed by atoms with E-state index in [0.717, 1.165) is 12.1 Å². The monoisotopic (exact) mass is 353 g/mol. The predicted octanol–water partition coefficient (Wildman–Crippen LogP) is 5.30. The Morgan fingerprint density at radius 1 is 1.11 bits per heavy atom. The molecule has 0 heterocycles. The summed E-state index contributed by atoms with van der Waals surface area (Å²) in [5.41, 5.74) is -1.35. The Hall–Kier alpha value is -0.760. The summed E-state index contributed by atoms with van der Waals surface area (Å²) in [6.45, 7) is 0. The van der Waals surface area contributed by atoms with Gasteiger partial charge in [-0.2, -0.15) is 26.3 Å². The quantitative estimate of drug-likeness (QED) is 0.479. The van der Waals surface area contributed by atoms with Gasteiger partial charge in [0.15, 0.2) is 0 Å². The summed E-state index contributed by atoms with van der Waals surface area (Å²) in [5.74, 6) is 0. The van der Waals surface area contributed by atoms with Crippen LogP contribution in [0.4, 0.5) is 32.0 Å². The van der Waals surface area contributed by atoms with E-state index in [1.54, 1.807) is 0 Å². The van der Waals surface area contributed by atoms with Gasteiger partial charge >= 0.3 is 12.4 Å². The molecule has 0 aromatic heterocycles. The van der Waals surface area contributed by atoms with Crippen LogP contribution in [0, 0.1) is 0 Å². The molecule has 0 fully saturated rings. The van der Waals surface area contributed by atoms with Gasteiger partial charge in [0.2, 0.25) is 5.17 Å². The van der Waals surface area contributed by atoms with Crippen LogP contribution >= 0.6 is 27.5 Å². The van der Waals surface area contributed by atoms with E-state index in [-0.39, 0.29) is 5.69 Å². The first-order valence-corrected chi connectivity index (χ1v) is 5.37. The minimum Gasteiger partial charge on any atom is -0.232 e. The van der Waals surface area contributed by atoms with Gasteiger partial charge in [-0.05, 0) is 18.2 Å². The third kappa shape index (κ3) is 3.88. The Labute approximate surface area is 111 Å². The molecule has 9 heteroatoms. The molecule has 0 amide bonds. The number of halogens is 8.